The van der Waals surface area contributed by atoms with E-state index in [1.165, 1.54) is 12.3 Å². The summed E-state index contributed by atoms with van der Waals surface area (Å²) in [4.78, 5) is 16.3. The third-order valence-electron chi connectivity index (χ3n) is 4.23. The van der Waals surface area contributed by atoms with Gasteiger partial charge in [-0.1, -0.05) is 11.6 Å². The number of aryl methyl sites for hydroxylation is 1. The Kier molecular flexibility index (Phi) is 5.31. The molecule has 7 nitrogen and oxygen atoms in total. The van der Waals surface area contributed by atoms with Crippen molar-refractivity contribution >= 4 is 17.5 Å². The third kappa shape index (κ3) is 3.81. The van der Waals surface area contributed by atoms with Gasteiger partial charge >= 0.3 is 0 Å². The number of nitrogens with one attached hydrogen (secondary N) is 1. The predicted octanol–water partition coefficient (Wildman–Crippen LogP) is 2.33. The predicted molar refractivity (Wildman–Crippen MR) is 91.0 cm³/mol. The van der Waals surface area contributed by atoms with Crippen LogP contribution in [0.2, 0.25) is 5.02 Å². The van der Waals surface area contributed by atoms with Crippen LogP contribution in [-0.2, 0) is 11.3 Å². The Morgan fingerprint density at radius 3 is 3.08 bits per heavy atom. The maximum Gasteiger partial charge on any atom is 0.271 e. The van der Waals surface area contributed by atoms with Gasteiger partial charge in [0.1, 0.15) is 11.8 Å². The van der Waals surface area contributed by atoms with Crippen LogP contribution >= 0.6 is 11.6 Å². The molecule has 0 unspecified atom stereocenters. The summed E-state index contributed by atoms with van der Waals surface area (Å²) in [6.07, 6.45) is 5.90. The van der Waals surface area contributed by atoms with Crippen LogP contribution in [0.15, 0.2) is 24.7 Å². The van der Waals surface area contributed by atoms with Crippen molar-refractivity contribution in [2.24, 2.45) is 5.92 Å². The highest BCUT2D eigenvalue weighted by atomic mass is 35.5. The van der Waals surface area contributed by atoms with Crippen molar-refractivity contribution in [1.82, 2.24) is 20.1 Å². The molecule has 3 rings (SSSR count). The van der Waals surface area contributed by atoms with Gasteiger partial charge in [-0.2, -0.15) is 10.4 Å². The lowest BCUT2D eigenvalue weighted by atomic mass is 9.97. The zero-order valence-corrected chi connectivity index (χ0v) is 14.5. The summed E-state index contributed by atoms with van der Waals surface area (Å²) < 4.78 is 7.67. The molecule has 1 saturated heterocycles. The highest BCUT2D eigenvalue weighted by molar-refractivity contribution is 6.33. The summed E-state index contributed by atoms with van der Waals surface area (Å²) >= 11 is 6.03. The average molecular weight is 360 g/mol. The van der Waals surface area contributed by atoms with Gasteiger partial charge < -0.3 is 10.1 Å². The van der Waals surface area contributed by atoms with E-state index in [0.717, 1.165) is 18.5 Å². The molecular weight excluding hydrogens is 342 g/mol. The molecule has 1 fully saturated rings. The monoisotopic (exact) mass is 359 g/mol. The SMILES string of the molecule is CCn1cc([C@@H]2OCC[C@H]2CNC(=O)c2ncc(C#N)cc2Cl)cn1. The first kappa shape index (κ1) is 17.4. The molecule has 0 spiro atoms. The van der Waals surface area contributed by atoms with E-state index in [0.29, 0.717) is 18.7 Å². The number of nitrogens with zero attached hydrogens (tertiary/aromatic N) is 4. The highest BCUT2D eigenvalue weighted by Gasteiger charge is 2.31. The van der Waals surface area contributed by atoms with Gasteiger partial charge in [-0.3, -0.25) is 9.48 Å². The molecule has 2 atom stereocenters. The van der Waals surface area contributed by atoms with E-state index in [1.807, 2.05) is 30.1 Å². The molecule has 1 aliphatic rings. The van der Waals surface area contributed by atoms with Gasteiger partial charge in [-0.15, -0.1) is 0 Å². The van der Waals surface area contributed by atoms with Crippen LogP contribution in [0.25, 0.3) is 0 Å². The number of carbonyl (C=O) groups is 1. The zero-order chi connectivity index (χ0) is 17.8. The topological polar surface area (TPSA) is 92.8 Å². The zero-order valence-electron chi connectivity index (χ0n) is 13.8. The molecule has 1 N–H and O–H groups in total. The fourth-order valence-electron chi connectivity index (χ4n) is 2.88. The van der Waals surface area contributed by atoms with Crippen molar-refractivity contribution in [3.63, 3.8) is 0 Å². The van der Waals surface area contributed by atoms with Crippen LogP contribution in [0.4, 0.5) is 0 Å². The second-order valence-electron chi connectivity index (χ2n) is 5.85. The quantitative estimate of drug-likeness (QED) is 0.884. The van der Waals surface area contributed by atoms with Crippen molar-refractivity contribution in [2.45, 2.75) is 26.0 Å². The summed E-state index contributed by atoms with van der Waals surface area (Å²) in [6, 6.07) is 3.37. The van der Waals surface area contributed by atoms with Crippen LogP contribution in [0.1, 0.15) is 41.1 Å². The first-order valence-corrected chi connectivity index (χ1v) is 8.48. The van der Waals surface area contributed by atoms with Crippen molar-refractivity contribution in [1.29, 1.82) is 5.26 Å². The van der Waals surface area contributed by atoms with Gasteiger partial charge in [0.25, 0.3) is 5.91 Å². The van der Waals surface area contributed by atoms with E-state index in [-0.39, 0.29) is 28.6 Å². The number of amides is 1. The number of carbonyl (C=O) groups excluding carboxylic acids is 1. The van der Waals surface area contributed by atoms with Gasteiger partial charge in [0, 0.05) is 43.6 Å². The molecule has 2 aromatic rings. The van der Waals surface area contributed by atoms with E-state index >= 15 is 0 Å². The number of hydrogen-bond donors (Lipinski definition) is 1. The van der Waals surface area contributed by atoms with Crippen LogP contribution < -0.4 is 5.32 Å². The van der Waals surface area contributed by atoms with Crippen LogP contribution in [0, 0.1) is 17.2 Å². The minimum Gasteiger partial charge on any atom is -0.373 e. The molecule has 2 aromatic heterocycles. The Bertz CT molecular complexity index is 814. The number of nitriles is 1. The van der Waals surface area contributed by atoms with Gasteiger partial charge in [-0.25, -0.2) is 4.98 Å². The van der Waals surface area contributed by atoms with Crippen molar-refractivity contribution < 1.29 is 9.53 Å². The molecule has 0 radical (unpaired) electrons. The Labute approximate surface area is 150 Å². The molecule has 130 valence electrons. The molecular formula is C17H18ClN5O2. The normalized spacial score (nSPS) is 19.6. The number of aromatic nitrogens is 3. The second-order valence-corrected chi connectivity index (χ2v) is 6.25. The van der Waals surface area contributed by atoms with Crippen molar-refractivity contribution in [3.05, 3.63) is 46.5 Å². The second kappa shape index (κ2) is 7.64. The van der Waals surface area contributed by atoms with Crippen molar-refractivity contribution in [3.8, 4) is 6.07 Å². The van der Waals surface area contributed by atoms with E-state index in [2.05, 4.69) is 15.4 Å². The van der Waals surface area contributed by atoms with Gasteiger partial charge in [0.05, 0.1) is 22.9 Å². The molecule has 25 heavy (non-hydrogen) atoms. The van der Waals surface area contributed by atoms with Crippen LogP contribution in [0.5, 0.6) is 0 Å². The van der Waals surface area contributed by atoms with Gasteiger partial charge in [-0.05, 0) is 19.4 Å². The standard InChI is InChI=1S/C17H18ClN5O2/c1-2-23-10-13(9-22-23)16-12(3-4-25-16)8-21-17(24)15-14(18)5-11(6-19)7-20-15/h5,7,9-10,12,16H,2-4,8H2,1H3,(H,21,24)/t12-,16+/m0/s1. The maximum absolute atomic E-state index is 12.3. The van der Waals surface area contributed by atoms with E-state index in [1.54, 1.807) is 0 Å². The molecule has 1 aliphatic heterocycles. The van der Waals surface area contributed by atoms with Crippen LogP contribution in [0.3, 0.4) is 0 Å². The summed E-state index contributed by atoms with van der Waals surface area (Å²) in [6.45, 7) is 3.94. The number of pyridine rings is 1. The minimum atomic E-state index is -0.357. The highest BCUT2D eigenvalue weighted by Crippen LogP contribution is 2.33. The Morgan fingerprint density at radius 2 is 2.40 bits per heavy atom. The Hall–Kier alpha value is -2.43. The van der Waals surface area contributed by atoms with E-state index in [4.69, 9.17) is 21.6 Å². The Balaban J connectivity index is 1.64. The first-order chi connectivity index (χ1) is 12.1. The summed E-state index contributed by atoms with van der Waals surface area (Å²) in [5.74, 6) is -0.194. The molecule has 0 aromatic carbocycles. The van der Waals surface area contributed by atoms with Gasteiger partial charge in [0.2, 0.25) is 0 Å². The summed E-state index contributed by atoms with van der Waals surface area (Å²) in [5, 5.41) is 16.1. The number of rotatable bonds is 5. The largest absolute Gasteiger partial charge is 0.373 e. The number of hydrogen-bond acceptors (Lipinski definition) is 5. The molecule has 3 heterocycles. The minimum absolute atomic E-state index is 0.0787. The van der Waals surface area contributed by atoms with E-state index in [9.17, 15) is 4.79 Å². The lowest BCUT2D eigenvalue weighted by Gasteiger charge is -2.17. The number of halogens is 1. The van der Waals surface area contributed by atoms with E-state index < -0.39 is 0 Å². The number of ether oxygens (including phenoxy) is 1. The Morgan fingerprint density at radius 1 is 1.56 bits per heavy atom. The molecule has 8 heteroatoms. The molecule has 1 amide bonds. The first-order valence-electron chi connectivity index (χ1n) is 8.10. The summed E-state index contributed by atoms with van der Waals surface area (Å²) in [5.41, 5.74) is 1.46. The smallest absolute Gasteiger partial charge is 0.271 e. The maximum atomic E-state index is 12.3. The van der Waals surface area contributed by atoms with Crippen molar-refractivity contribution in [2.75, 3.05) is 13.2 Å². The fourth-order valence-corrected chi connectivity index (χ4v) is 3.14. The molecule has 0 aliphatic carbocycles. The molecule has 0 saturated carbocycles. The molecule has 0 bridgehead atoms. The lowest BCUT2D eigenvalue weighted by Crippen LogP contribution is -2.31. The lowest BCUT2D eigenvalue weighted by molar-refractivity contribution is 0.0843. The van der Waals surface area contributed by atoms with Crippen LogP contribution in [-0.4, -0.2) is 33.8 Å². The summed E-state index contributed by atoms with van der Waals surface area (Å²) in [7, 11) is 0. The third-order valence-corrected chi connectivity index (χ3v) is 4.52. The fraction of sp³-hybridized carbons (Fsp3) is 0.412. The van der Waals surface area contributed by atoms with Gasteiger partial charge in [0.15, 0.2) is 0 Å². The average Bonchev–Trinajstić information content (AvgIpc) is 3.27.